The summed E-state index contributed by atoms with van der Waals surface area (Å²) in [6.07, 6.45) is 2.31. The summed E-state index contributed by atoms with van der Waals surface area (Å²) in [6.45, 7) is 6.70. The molecule has 2 aromatic rings. The van der Waals surface area contributed by atoms with Gasteiger partial charge in [-0.3, -0.25) is 9.69 Å². The SMILES string of the molecule is CC1(C)[C@H](NC(=O)c2cc3cccc(Cl)c3o2)C2CCN1CC2.Cl. The lowest BCUT2D eigenvalue weighted by Crippen LogP contribution is -2.69. The molecule has 1 aromatic heterocycles. The van der Waals surface area contributed by atoms with Gasteiger partial charge in [0.1, 0.15) is 0 Å². The number of hydrogen-bond donors (Lipinski definition) is 1. The standard InChI is InChI=1S/C18H21ClN2O2.ClH/c1-18(2)16(11-6-8-21(18)9-7-11)20-17(22)14-10-12-4-3-5-13(19)15(12)23-14;/h3-5,10-11,16H,6-9H2,1-2H3,(H,20,22);1H/t16-;/m1./s1. The fourth-order valence-corrected chi connectivity index (χ4v) is 4.45. The number of hydrogen-bond acceptors (Lipinski definition) is 3. The van der Waals surface area contributed by atoms with Gasteiger partial charge in [-0.1, -0.05) is 23.7 Å². The number of halogens is 2. The van der Waals surface area contributed by atoms with Crippen LogP contribution in [0.3, 0.4) is 0 Å². The van der Waals surface area contributed by atoms with E-state index in [2.05, 4.69) is 24.1 Å². The third kappa shape index (κ3) is 2.71. The molecule has 0 spiro atoms. The lowest BCUT2D eigenvalue weighted by molar-refractivity contribution is -0.0380. The molecule has 3 saturated heterocycles. The summed E-state index contributed by atoms with van der Waals surface area (Å²) in [7, 11) is 0. The van der Waals surface area contributed by atoms with Crippen molar-refractivity contribution in [3.05, 3.63) is 35.0 Å². The average Bonchev–Trinajstić information content (AvgIpc) is 2.97. The minimum absolute atomic E-state index is 0. The number of nitrogens with zero attached hydrogens (tertiary/aromatic N) is 1. The van der Waals surface area contributed by atoms with E-state index in [1.165, 1.54) is 0 Å². The molecule has 1 amide bonds. The summed E-state index contributed by atoms with van der Waals surface area (Å²) >= 11 is 6.13. The number of nitrogens with one attached hydrogen (secondary N) is 1. The average molecular weight is 369 g/mol. The largest absolute Gasteiger partial charge is 0.449 e. The number of carbonyl (C=O) groups is 1. The Morgan fingerprint density at radius 2 is 2.04 bits per heavy atom. The molecular formula is C18H22Cl2N2O2. The normalized spacial score (nSPS) is 27.7. The van der Waals surface area contributed by atoms with E-state index in [1.807, 2.05) is 12.1 Å². The maximum atomic E-state index is 12.7. The van der Waals surface area contributed by atoms with Crippen molar-refractivity contribution < 1.29 is 9.21 Å². The first-order chi connectivity index (χ1) is 11.0. The maximum absolute atomic E-state index is 12.7. The van der Waals surface area contributed by atoms with Crippen molar-refractivity contribution in [3.63, 3.8) is 0 Å². The van der Waals surface area contributed by atoms with Crippen LogP contribution in [0.25, 0.3) is 11.0 Å². The van der Waals surface area contributed by atoms with Crippen LogP contribution >= 0.6 is 24.0 Å². The second-order valence-electron chi connectivity index (χ2n) is 7.20. The topological polar surface area (TPSA) is 45.5 Å². The predicted octanol–water partition coefficient (Wildman–Crippen LogP) is 4.11. The number of piperidine rings is 3. The van der Waals surface area contributed by atoms with Gasteiger partial charge in [-0.15, -0.1) is 12.4 Å². The zero-order chi connectivity index (χ0) is 16.2. The highest BCUT2D eigenvalue weighted by Gasteiger charge is 2.48. The van der Waals surface area contributed by atoms with Crippen molar-refractivity contribution in [2.75, 3.05) is 13.1 Å². The van der Waals surface area contributed by atoms with E-state index < -0.39 is 0 Å². The minimum Gasteiger partial charge on any atom is -0.449 e. The second-order valence-corrected chi connectivity index (χ2v) is 7.61. The highest BCUT2D eigenvalue weighted by Crippen LogP contribution is 2.39. The Labute approximate surface area is 152 Å². The Bertz CT molecular complexity index is 763. The van der Waals surface area contributed by atoms with Gasteiger partial charge in [0.05, 0.1) is 5.02 Å². The molecule has 1 N–H and O–H groups in total. The highest BCUT2D eigenvalue weighted by atomic mass is 35.5. The Hall–Kier alpha value is -1.23. The lowest BCUT2D eigenvalue weighted by atomic mass is 9.72. The van der Waals surface area contributed by atoms with Crippen LogP contribution in [0.4, 0.5) is 0 Å². The van der Waals surface area contributed by atoms with E-state index in [9.17, 15) is 4.79 Å². The van der Waals surface area contributed by atoms with Gasteiger partial charge in [-0.05, 0) is 57.8 Å². The summed E-state index contributed by atoms with van der Waals surface area (Å²) in [6, 6.07) is 7.45. The van der Waals surface area contributed by atoms with Crippen molar-refractivity contribution >= 4 is 40.9 Å². The van der Waals surface area contributed by atoms with E-state index in [0.29, 0.717) is 22.3 Å². The zero-order valence-electron chi connectivity index (χ0n) is 13.8. The van der Waals surface area contributed by atoms with Crippen LogP contribution in [-0.4, -0.2) is 35.5 Å². The molecule has 3 aliphatic heterocycles. The van der Waals surface area contributed by atoms with Crippen LogP contribution in [-0.2, 0) is 0 Å². The maximum Gasteiger partial charge on any atom is 0.287 e. The fourth-order valence-electron chi connectivity index (χ4n) is 4.23. The van der Waals surface area contributed by atoms with Gasteiger partial charge in [0.25, 0.3) is 5.91 Å². The smallest absolute Gasteiger partial charge is 0.287 e. The lowest BCUT2D eigenvalue weighted by Gasteiger charge is -2.56. The number of rotatable bonds is 2. The zero-order valence-corrected chi connectivity index (χ0v) is 15.4. The van der Waals surface area contributed by atoms with Crippen molar-refractivity contribution in [2.24, 2.45) is 5.92 Å². The van der Waals surface area contributed by atoms with Crippen molar-refractivity contribution in [2.45, 2.75) is 38.3 Å². The minimum atomic E-state index is -0.149. The monoisotopic (exact) mass is 368 g/mol. The summed E-state index contributed by atoms with van der Waals surface area (Å²) in [5, 5.41) is 4.61. The molecule has 1 aromatic carbocycles. The van der Waals surface area contributed by atoms with Gasteiger partial charge in [-0.25, -0.2) is 0 Å². The molecule has 0 saturated carbocycles. The molecule has 5 rings (SSSR count). The number of benzene rings is 1. The van der Waals surface area contributed by atoms with E-state index in [4.69, 9.17) is 16.0 Å². The first-order valence-electron chi connectivity index (χ1n) is 8.21. The molecule has 24 heavy (non-hydrogen) atoms. The summed E-state index contributed by atoms with van der Waals surface area (Å²) < 4.78 is 5.69. The molecule has 0 aliphatic carbocycles. The molecule has 0 radical (unpaired) electrons. The first-order valence-corrected chi connectivity index (χ1v) is 8.58. The molecule has 6 heteroatoms. The van der Waals surface area contributed by atoms with Crippen LogP contribution in [0.5, 0.6) is 0 Å². The van der Waals surface area contributed by atoms with E-state index in [0.717, 1.165) is 31.3 Å². The van der Waals surface area contributed by atoms with E-state index in [1.54, 1.807) is 12.1 Å². The molecule has 130 valence electrons. The summed E-state index contributed by atoms with van der Waals surface area (Å²) in [5.74, 6) is 0.733. The molecule has 2 bridgehead atoms. The quantitative estimate of drug-likeness (QED) is 0.867. The number of furan rings is 1. The third-order valence-corrected chi connectivity index (χ3v) is 5.89. The van der Waals surface area contributed by atoms with Gasteiger partial charge in [-0.2, -0.15) is 0 Å². The fraction of sp³-hybridized carbons (Fsp3) is 0.500. The van der Waals surface area contributed by atoms with Crippen molar-refractivity contribution in [1.29, 1.82) is 0 Å². The van der Waals surface area contributed by atoms with Gasteiger partial charge in [0.15, 0.2) is 11.3 Å². The Morgan fingerprint density at radius 1 is 1.33 bits per heavy atom. The van der Waals surface area contributed by atoms with Crippen LogP contribution in [0.2, 0.25) is 5.02 Å². The van der Waals surface area contributed by atoms with Crippen LogP contribution in [0.15, 0.2) is 28.7 Å². The van der Waals surface area contributed by atoms with Crippen molar-refractivity contribution in [1.82, 2.24) is 10.2 Å². The number of amides is 1. The van der Waals surface area contributed by atoms with Crippen molar-refractivity contribution in [3.8, 4) is 0 Å². The third-order valence-electron chi connectivity index (χ3n) is 5.59. The molecule has 4 nitrogen and oxygen atoms in total. The van der Waals surface area contributed by atoms with Crippen LogP contribution in [0.1, 0.15) is 37.2 Å². The second kappa shape index (κ2) is 6.25. The molecule has 4 heterocycles. The van der Waals surface area contributed by atoms with E-state index in [-0.39, 0.29) is 29.9 Å². The van der Waals surface area contributed by atoms with Crippen LogP contribution < -0.4 is 5.32 Å². The van der Waals surface area contributed by atoms with Crippen LogP contribution in [0, 0.1) is 5.92 Å². The first kappa shape index (κ1) is 17.6. The molecular weight excluding hydrogens is 347 g/mol. The molecule has 3 aliphatic rings. The number of carbonyl (C=O) groups excluding carboxylic acids is 1. The number of para-hydroxylation sites is 1. The van der Waals surface area contributed by atoms with Gasteiger partial charge in [0.2, 0.25) is 0 Å². The Kier molecular flexibility index (Phi) is 4.58. The van der Waals surface area contributed by atoms with Gasteiger partial charge >= 0.3 is 0 Å². The molecule has 0 unspecified atom stereocenters. The highest BCUT2D eigenvalue weighted by molar-refractivity contribution is 6.34. The summed E-state index contributed by atoms with van der Waals surface area (Å²) in [4.78, 5) is 15.2. The predicted molar refractivity (Wildman–Crippen MR) is 98.1 cm³/mol. The van der Waals surface area contributed by atoms with Gasteiger partial charge < -0.3 is 9.73 Å². The molecule has 3 fully saturated rings. The van der Waals surface area contributed by atoms with E-state index >= 15 is 0 Å². The summed E-state index contributed by atoms with van der Waals surface area (Å²) in [5.41, 5.74) is 0.563. The Morgan fingerprint density at radius 3 is 2.67 bits per heavy atom. The molecule has 1 atom stereocenters. The number of fused-ring (bicyclic) bond motifs is 4. The Balaban J connectivity index is 0.00000169. The van der Waals surface area contributed by atoms with Gasteiger partial charge in [0, 0.05) is 17.0 Å².